The maximum atomic E-state index is 12.0. The summed E-state index contributed by atoms with van der Waals surface area (Å²) in [7, 11) is 0. The number of anilines is 1. The second-order valence-corrected chi connectivity index (χ2v) is 5.12. The molecule has 0 aliphatic rings. The highest BCUT2D eigenvalue weighted by molar-refractivity contribution is 5.39. The third-order valence-corrected chi connectivity index (χ3v) is 3.27. The highest BCUT2D eigenvalue weighted by atomic mass is 16.1. The standard InChI is InChI=1S/C15H21N3O/c1-12(2)18-11-10-17(15(18)19)9-3-4-13-5-7-14(16)8-6-13/h5-8,10-12H,3-4,9,16H2,1-2H3. The highest BCUT2D eigenvalue weighted by Gasteiger charge is 2.05. The zero-order valence-electron chi connectivity index (χ0n) is 11.5. The van der Waals surface area contributed by atoms with E-state index in [0.717, 1.165) is 25.1 Å². The molecule has 2 rings (SSSR count). The lowest BCUT2D eigenvalue weighted by Crippen LogP contribution is -2.25. The fraction of sp³-hybridized carbons (Fsp3) is 0.400. The number of nitrogen functional groups attached to an aromatic ring is 1. The fourth-order valence-corrected chi connectivity index (χ4v) is 2.13. The van der Waals surface area contributed by atoms with Gasteiger partial charge in [-0.1, -0.05) is 12.1 Å². The van der Waals surface area contributed by atoms with Crippen molar-refractivity contribution in [3.8, 4) is 0 Å². The van der Waals surface area contributed by atoms with Crippen LogP contribution in [0.4, 0.5) is 5.69 Å². The van der Waals surface area contributed by atoms with E-state index in [1.165, 1.54) is 5.56 Å². The van der Waals surface area contributed by atoms with Crippen molar-refractivity contribution in [1.29, 1.82) is 0 Å². The van der Waals surface area contributed by atoms with Crippen LogP contribution in [0.15, 0.2) is 41.5 Å². The molecule has 0 radical (unpaired) electrons. The Labute approximate surface area is 113 Å². The van der Waals surface area contributed by atoms with Crippen molar-refractivity contribution in [2.45, 2.75) is 39.3 Å². The van der Waals surface area contributed by atoms with Gasteiger partial charge in [-0.05, 0) is 44.4 Å². The van der Waals surface area contributed by atoms with Gasteiger partial charge >= 0.3 is 5.69 Å². The summed E-state index contributed by atoms with van der Waals surface area (Å²) in [6, 6.07) is 8.12. The third-order valence-electron chi connectivity index (χ3n) is 3.27. The van der Waals surface area contributed by atoms with Crippen LogP contribution in [0.2, 0.25) is 0 Å². The first-order valence-electron chi connectivity index (χ1n) is 6.69. The third kappa shape index (κ3) is 3.28. The molecule has 0 atom stereocenters. The second-order valence-electron chi connectivity index (χ2n) is 5.12. The van der Waals surface area contributed by atoms with Crippen molar-refractivity contribution in [1.82, 2.24) is 9.13 Å². The molecule has 0 amide bonds. The highest BCUT2D eigenvalue weighted by Crippen LogP contribution is 2.08. The second kappa shape index (κ2) is 5.78. The number of benzene rings is 1. The number of nitrogens with two attached hydrogens (primary N) is 1. The van der Waals surface area contributed by atoms with Crippen LogP contribution in [0.25, 0.3) is 0 Å². The Morgan fingerprint density at radius 1 is 1.16 bits per heavy atom. The van der Waals surface area contributed by atoms with Crippen LogP contribution in [-0.4, -0.2) is 9.13 Å². The summed E-state index contributed by atoms with van der Waals surface area (Å²) >= 11 is 0. The molecule has 0 saturated heterocycles. The van der Waals surface area contributed by atoms with Crippen LogP contribution in [0.1, 0.15) is 31.9 Å². The fourth-order valence-electron chi connectivity index (χ4n) is 2.13. The van der Waals surface area contributed by atoms with Gasteiger partial charge in [0.15, 0.2) is 0 Å². The van der Waals surface area contributed by atoms with Gasteiger partial charge < -0.3 is 5.73 Å². The average molecular weight is 259 g/mol. The first-order chi connectivity index (χ1) is 9.08. The van der Waals surface area contributed by atoms with Gasteiger partial charge in [-0.15, -0.1) is 0 Å². The largest absolute Gasteiger partial charge is 0.399 e. The van der Waals surface area contributed by atoms with Crippen molar-refractivity contribution in [2.75, 3.05) is 5.73 Å². The Kier molecular flexibility index (Phi) is 4.10. The minimum absolute atomic E-state index is 0.0762. The summed E-state index contributed by atoms with van der Waals surface area (Å²) in [6.45, 7) is 4.78. The maximum absolute atomic E-state index is 12.0. The molecule has 1 aromatic heterocycles. The van der Waals surface area contributed by atoms with Crippen LogP contribution in [0, 0.1) is 0 Å². The molecule has 19 heavy (non-hydrogen) atoms. The molecule has 1 aromatic carbocycles. The Morgan fingerprint density at radius 2 is 1.84 bits per heavy atom. The molecule has 1 heterocycles. The van der Waals surface area contributed by atoms with Gasteiger partial charge in [0.05, 0.1) is 0 Å². The minimum Gasteiger partial charge on any atom is -0.399 e. The van der Waals surface area contributed by atoms with Crippen LogP contribution in [0.5, 0.6) is 0 Å². The molecule has 4 nitrogen and oxygen atoms in total. The summed E-state index contributed by atoms with van der Waals surface area (Å²) in [5, 5.41) is 0. The van der Waals surface area contributed by atoms with E-state index in [2.05, 4.69) is 0 Å². The molecule has 0 saturated carbocycles. The molecule has 0 aliphatic heterocycles. The molecular weight excluding hydrogens is 238 g/mol. The van der Waals surface area contributed by atoms with E-state index >= 15 is 0 Å². The lowest BCUT2D eigenvalue weighted by Gasteiger charge is -2.05. The molecule has 4 heteroatoms. The molecule has 0 bridgehead atoms. The molecule has 0 aliphatic carbocycles. The van der Waals surface area contributed by atoms with Gasteiger partial charge in [-0.3, -0.25) is 9.13 Å². The molecule has 0 unspecified atom stereocenters. The molecule has 2 N–H and O–H groups in total. The first kappa shape index (κ1) is 13.5. The van der Waals surface area contributed by atoms with E-state index in [9.17, 15) is 4.79 Å². The summed E-state index contributed by atoms with van der Waals surface area (Å²) < 4.78 is 3.53. The minimum atomic E-state index is 0.0762. The van der Waals surface area contributed by atoms with Gasteiger partial charge in [0.25, 0.3) is 0 Å². The van der Waals surface area contributed by atoms with Crippen molar-refractivity contribution in [3.63, 3.8) is 0 Å². The van der Waals surface area contributed by atoms with Gasteiger partial charge in [-0.25, -0.2) is 4.79 Å². The van der Waals surface area contributed by atoms with Gasteiger partial charge in [0.1, 0.15) is 0 Å². The summed E-state index contributed by atoms with van der Waals surface area (Å²) in [5.41, 5.74) is 7.77. The molecule has 0 fully saturated rings. The molecule has 102 valence electrons. The lowest BCUT2D eigenvalue weighted by molar-refractivity contribution is 0.542. The smallest absolute Gasteiger partial charge is 0.328 e. The summed E-state index contributed by atoms with van der Waals surface area (Å²) in [4.78, 5) is 12.0. The van der Waals surface area contributed by atoms with E-state index in [1.807, 2.05) is 50.5 Å². The van der Waals surface area contributed by atoms with Crippen molar-refractivity contribution in [2.24, 2.45) is 0 Å². The van der Waals surface area contributed by atoms with Crippen molar-refractivity contribution < 1.29 is 0 Å². The summed E-state index contributed by atoms with van der Waals surface area (Å²) in [5.74, 6) is 0. The van der Waals surface area contributed by atoms with E-state index in [1.54, 1.807) is 9.13 Å². The van der Waals surface area contributed by atoms with E-state index < -0.39 is 0 Å². The SMILES string of the molecule is CC(C)n1ccn(CCCc2ccc(N)cc2)c1=O. The zero-order valence-corrected chi connectivity index (χ0v) is 11.5. The Hall–Kier alpha value is -1.97. The predicted molar refractivity (Wildman–Crippen MR) is 78.3 cm³/mol. The maximum Gasteiger partial charge on any atom is 0.328 e. The number of hydrogen-bond donors (Lipinski definition) is 1. The number of hydrogen-bond acceptors (Lipinski definition) is 2. The average Bonchev–Trinajstić information content (AvgIpc) is 2.74. The van der Waals surface area contributed by atoms with Gasteiger partial charge in [-0.2, -0.15) is 0 Å². The van der Waals surface area contributed by atoms with E-state index in [0.29, 0.717) is 0 Å². The normalized spacial score (nSPS) is 11.1. The van der Waals surface area contributed by atoms with Crippen LogP contribution < -0.4 is 11.4 Å². The number of aryl methyl sites for hydroxylation is 2. The van der Waals surface area contributed by atoms with Crippen LogP contribution in [-0.2, 0) is 13.0 Å². The monoisotopic (exact) mass is 259 g/mol. The van der Waals surface area contributed by atoms with Gasteiger partial charge in [0, 0.05) is 30.7 Å². The number of aromatic nitrogens is 2. The Balaban J connectivity index is 1.93. The van der Waals surface area contributed by atoms with Crippen LogP contribution in [0.3, 0.4) is 0 Å². The number of imidazole rings is 1. The number of rotatable bonds is 5. The molecule has 2 aromatic rings. The zero-order chi connectivity index (χ0) is 13.8. The Bertz CT molecular complexity index is 578. The molecular formula is C15H21N3O. The van der Waals surface area contributed by atoms with Crippen LogP contribution >= 0.6 is 0 Å². The number of nitrogens with zero attached hydrogens (tertiary/aromatic N) is 2. The Morgan fingerprint density at radius 3 is 2.42 bits per heavy atom. The summed E-state index contributed by atoms with van der Waals surface area (Å²) in [6.07, 6.45) is 5.63. The molecule has 0 spiro atoms. The van der Waals surface area contributed by atoms with Gasteiger partial charge in [0.2, 0.25) is 0 Å². The van der Waals surface area contributed by atoms with E-state index in [-0.39, 0.29) is 11.7 Å². The topological polar surface area (TPSA) is 52.9 Å². The quantitative estimate of drug-likeness (QED) is 0.838. The first-order valence-corrected chi connectivity index (χ1v) is 6.69. The lowest BCUT2D eigenvalue weighted by atomic mass is 10.1. The van der Waals surface area contributed by atoms with Crippen molar-refractivity contribution >= 4 is 5.69 Å². The predicted octanol–water partition coefficient (Wildman–Crippen LogP) is 2.45. The van der Waals surface area contributed by atoms with Crippen molar-refractivity contribution in [3.05, 3.63) is 52.7 Å². The van der Waals surface area contributed by atoms with E-state index in [4.69, 9.17) is 5.73 Å².